The van der Waals surface area contributed by atoms with Crippen LogP contribution in [0.25, 0.3) is 0 Å². The molecule has 0 atom stereocenters. The molecular weight excluding hydrogens is 310 g/mol. The van der Waals surface area contributed by atoms with Gasteiger partial charge in [-0.1, -0.05) is 24.3 Å². The zero-order valence-electron chi connectivity index (χ0n) is 13.3. The summed E-state index contributed by atoms with van der Waals surface area (Å²) < 4.78 is 22.8. The van der Waals surface area contributed by atoms with E-state index in [9.17, 15) is 8.42 Å². The first-order valence-corrected chi connectivity index (χ1v) is 9.16. The summed E-state index contributed by atoms with van der Waals surface area (Å²) in [6.45, 7) is 2.54. The highest BCUT2D eigenvalue weighted by molar-refractivity contribution is 7.90. The standard InChI is InChI=1S/C17H21N3O2S/c1-13-4-3-5-15(12-13)20-17(18)19-11-10-14-6-8-16(9-7-14)23(2,21)22/h3-9,12H,10-11H2,1-2H3,(H3,18,19,20). The van der Waals surface area contributed by atoms with Crippen LogP contribution in [0.3, 0.4) is 0 Å². The first kappa shape index (κ1) is 17.0. The van der Waals surface area contributed by atoms with E-state index < -0.39 is 9.84 Å². The maximum atomic E-state index is 11.4. The summed E-state index contributed by atoms with van der Waals surface area (Å²) in [6, 6.07) is 14.7. The lowest BCUT2D eigenvalue weighted by molar-refractivity contribution is 0.602. The van der Waals surface area contributed by atoms with E-state index in [1.165, 1.54) is 6.26 Å². The van der Waals surface area contributed by atoms with Crippen molar-refractivity contribution in [1.29, 1.82) is 0 Å². The van der Waals surface area contributed by atoms with Crippen molar-refractivity contribution < 1.29 is 8.42 Å². The Morgan fingerprint density at radius 2 is 1.87 bits per heavy atom. The molecule has 0 saturated heterocycles. The number of guanidine groups is 1. The van der Waals surface area contributed by atoms with Gasteiger partial charge in [0.15, 0.2) is 15.8 Å². The molecular formula is C17H21N3O2S. The molecule has 0 unspecified atom stereocenters. The molecule has 0 aliphatic carbocycles. The zero-order valence-corrected chi connectivity index (χ0v) is 14.1. The molecule has 0 heterocycles. The summed E-state index contributed by atoms with van der Waals surface area (Å²) in [5.74, 6) is 0.364. The lowest BCUT2D eigenvalue weighted by Gasteiger charge is -2.06. The molecule has 0 aliphatic heterocycles. The molecule has 0 aromatic heterocycles. The predicted molar refractivity (Wildman–Crippen MR) is 94.5 cm³/mol. The van der Waals surface area contributed by atoms with Gasteiger partial charge in [-0.3, -0.25) is 4.99 Å². The van der Waals surface area contributed by atoms with Crippen molar-refractivity contribution in [3.8, 4) is 0 Å². The molecule has 23 heavy (non-hydrogen) atoms. The van der Waals surface area contributed by atoms with Gasteiger partial charge in [0.1, 0.15) is 0 Å². The van der Waals surface area contributed by atoms with Crippen LogP contribution in [0.2, 0.25) is 0 Å². The van der Waals surface area contributed by atoms with E-state index in [0.717, 1.165) is 16.8 Å². The number of anilines is 1. The highest BCUT2D eigenvalue weighted by Gasteiger charge is 2.05. The van der Waals surface area contributed by atoms with Gasteiger partial charge in [-0.2, -0.15) is 0 Å². The zero-order chi connectivity index (χ0) is 16.9. The monoisotopic (exact) mass is 331 g/mol. The topological polar surface area (TPSA) is 84.5 Å². The van der Waals surface area contributed by atoms with Gasteiger partial charge in [-0.15, -0.1) is 0 Å². The van der Waals surface area contributed by atoms with E-state index in [4.69, 9.17) is 5.73 Å². The number of nitrogens with one attached hydrogen (secondary N) is 1. The SMILES string of the molecule is Cc1cccc(NC(N)=NCCc2ccc(S(C)(=O)=O)cc2)c1. The number of sulfone groups is 1. The summed E-state index contributed by atoms with van der Waals surface area (Å²) >= 11 is 0. The summed E-state index contributed by atoms with van der Waals surface area (Å²) in [4.78, 5) is 4.61. The van der Waals surface area contributed by atoms with Crippen molar-refractivity contribution >= 4 is 21.5 Å². The Kier molecular flexibility index (Phi) is 5.39. The molecule has 0 saturated carbocycles. The van der Waals surface area contributed by atoms with Gasteiger partial charge in [-0.05, 0) is 48.7 Å². The van der Waals surface area contributed by atoms with E-state index >= 15 is 0 Å². The van der Waals surface area contributed by atoms with E-state index in [2.05, 4.69) is 10.3 Å². The quantitative estimate of drug-likeness (QED) is 0.651. The Balaban J connectivity index is 1.90. The summed E-state index contributed by atoms with van der Waals surface area (Å²) in [6.07, 6.45) is 1.89. The fourth-order valence-corrected chi connectivity index (χ4v) is 2.75. The molecule has 2 aromatic rings. The first-order valence-electron chi connectivity index (χ1n) is 7.27. The van der Waals surface area contributed by atoms with Crippen molar-refractivity contribution in [3.05, 3.63) is 59.7 Å². The van der Waals surface area contributed by atoms with E-state index in [1.54, 1.807) is 24.3 Å². The number of nitrogens with two attached hydrogens (primary N) is 1. The van der Waals surface area contributed by atoms with Crippen LogP contribution in [0.15, 0.2) is 58.4 Å². The van der Waals surface area contributed by atoms with Crippen LogP contribution in [0.4, 0.5) is 5.69 Å². The Morgan fingerprint density at radius 3 is 2.48 bits per heavy atom. The van der Waals surface area contributed by atoms with Crippen LogP contribution in [0.5, 0.6) is 0 Å². The normalized spacial score (nSPS) is 12.2. The van der Waals surface area contributed by atoms with Crippen molar-refractivity contribution in [2.45, 2.75) is 18.2 Å². The second-order valence-corrected chi connectivity index (χ2v) is 7.44. The minimum Gasteiger partial charge on any atom is -0.370 e. The Bertz CT molecular complexity index is 797. The Labute approximate surface area is 137 Å². The van der Waals surface area contributed by atoms with Gasteiger partial charge < -0.3 is 11.1 Å². The molecule has 2 aromatic carbocycles. The number of nitrogens with zero attached hydrogens (tertiary/aromatic N) is 1. The predicted octanol–water partition coefficient (Wildman–Crippen LogP) is 2.37. The van der Waals surface area contributed by atoms with Gasteiger partial charge >= 0.3 is 0 Å². The lowest BCUT2D eigenvalue weighted by Crippen LogP contribution is -2.23. The fourth-order valence-electron chi connectivity index (χ4n) is 2.12. The van der Waals surface area contributed by atoms with Crippen molar-refractivity contribution in [2.75, 3.05) is 18.1 Å². The van der Waals surface area contributed by atoms with Crippen molar-refractivity contribution in [3.63, 3.8) is 0 Å². The molecule has 0 amide bonds. The van der Waals surface area contributed by atoms with Crippen LogP contribution < -0.4 is 11.1 Å². The van der Waals surface area contributed by atoms with Crippen LogP contribution in [0, 0.1) is 6.92 Å². The molecule has 0 radical (unpaired) electrons. The third-order valence-electron chi connectivity index (χ3n) is 3.32. The van der Waals surface area contributed by atoms with Crippen LogP contribution in [-0.4, -0.2) is 27.2 Å². The van der Waals surface area contributed by atoms with Crippen molar-refractivity contribution in [1.82, 2.24) is 0 Å². The summed E-state index contributed by atoms with van der Waals surface area (Å²) in [5.41, 5.74) is 8.93. The van der Waals surface area contributed by atoms with Gasteiger partial charge in [0, 0.05) is 18.5 Å². The highest BCUT2D eigenvalue weighted by atomic mass is 32.2. The molecule has 6 heteroatoms. The second-order valence-electron chi connectivity index (χ2n) is 5.43. The van der Waals surface area contributed by atoms with E-state index in [0.29, 0.717) is 23.8 Å². The molecule has 122 valence electrons. The van der Waals surface area contributed by atoms with Gasteiger partial charge in [-0.25, -0.2) is 8.42 Å². The number of hydrogen-bond donors (Lipinski definition) is 2. The molecule has 2 rings (SSSR count). The molecule has 0 aliphatic rings. The maximum absolute atomic E-state index is 11.4. The highest BCUT2D eigenvalue weighted by Crippen LogP contribution is 2.11. The Hall–Kier alpha value is -2.34. The third-order valence-corrected chi connectivity index (χ3v) is 4.45. The molecule has 0 fully saturated rings. The lowest BCUT2D eigenvalue weighted by atomic mass is 10.1. The van der Waals surface area contributed by atoms with Gasteiger partial charge in [0.2, 0.25) is 0 Å². The smallest absolute Gasteiger partial charge is 0.193 e. The largest absolute Gasteiger partial charge is 0.370 e. The van der Waals surface area contributed by atoms with E-state index in [1.807, 2.05) is 31.2 Å². The van der Waals surface area contributed by atoms with Crippen LogP contribution in [-0.2, 0) is 16.3 Å². The van der Waals surface area contributed by atoms with Crippen LogP contribution >= 0.6 is 0 Å². The second kappa shape index (κ2) is 7.28. The number of hydrogen-bond acceptors (Lipinski definition) is 3. The minimum absolute atomic E-state index is 0.324. The van der Waals surface area contributed by atoms with E-state index in [-0.39, 0.29) is 0 Å². The molecule has 0 spiro atoms. The number of aliphatic imine (C=N–C) groups is 1. The minimum atomic E-state index is -3.15. The number of rotatable bonds is 5. The number of aryl methyl sites for hydroxylation is 1. The fraction of sp³-hybridized carbons (Fsp3) is 0.235. The third kappa shape index (κ3) is 5.41. The number of benzene rings is 2. The average Bonchev–Trinajstić information content (AvgIpc) is 2.47. The molecule has 0 bridgehead atoms. The molecule has 3 N–H and O–H groups in total. The van der Waals surface area contributed by atoms with Gasteiger partial charge in [0.05, 0.1) is 4.90 Å². The molecule has 5 nitrogen and oxygen atoms in total. The maximum Gasteiger partial charge on any atom is 0.193 e. The summed E-state index contributed by atoms with van der Waals surface area (Å²) in [7, 11) is -3.15. The Morgan fingerprint density at radius 1 is 1.17 bits per heavy atom. The van der Waals surface area contributed by atoms with Crippen molar-refractivity contribution in [2.24, 2.45) is 10.7 Å². The van der Waals surface area contributed by atoms with Crippen LogP contribution in [0.1, 0.15) is 11.1 Å². The van der Waals surface area contributed by atoms with Gasteiger partial charge in [0.25, 0.3) is 0 Å². The summed E-state index contributed by atoms with van der Waals surface area (Å²) in [5, 5.41) is 3.05. The first-order chi connectivity index (χ1) is 10.8. The average molecular weight is 331 g/mol.